The molecule has 2 aliphatic rings. The number of carbonyl (C=O) groups is 1. The predicted molar refractivity (Wildman–Crippen MR) is 59.8 cm³/mol. The van der Waals surface area contributed by atoms with Gasteiger partial charge < -0.3 is 5.32 Å². The fraction of sp³-hybridized carbons (Fsp3) is 0.462. The van der Waals surface area contributed by atoms with Crippen LogP contribution in [-0.2, 0) is 4.79 Å². The summed E-state index contributed by atoms with van der Waals surface area (Å²) in [7, 11) is 0. The Morgan fingerprint density at radius 2 is 1.80 bits per heavy atom. The summed E-state index contributed by atoms with van der Waals surface area (Å²) in [5, 5.41) is 3.02. The Balaban J connectivity index is 2.06. The molecule has 1 aromatic rings. The van der Waals surface area contributed by atoms with Crippen molar-refractivity contribution >= 4 is 11.6 Å². The highest BCUT2D eigenvalue weighted by Crippen LogP contribution is 2.44. The normalized spacial score (nSPS) is 28.9. The molecule has 0 unspecified atom stereocenters. The summed E-state index contributed by atoms with van der Waals surface area (Å²) in [5.41, 5.74) is 2.38. The monoisotopic (exact) mass is 201 g/mol. The van der Waals surface area contributed by atoms with Gasteiger partial charge in [-0.2, -0.15) is 0 Å². The van der Waals surface area contributed by atoms with E-state index in [1.807, 2.05) is 12.1 Å². The van der Waals surface area contributed by atoms with Crippen LogP contribution in [0, 0.1) is 5.92 Å². The largest absolute Gasteiger partial charge is 0.326 e. The molecule has 2 nitrogen and oxygen atoms in total. The van der Waals surface area contributed by atoms with E-state index in [2.05, 4.69) is 17.4 Å². The highest BCUT2D eigenvalue weighted by Gasteiger charge is 2.36. The molecule has 78 valence electrons. The second-order valence-electron chi connectivity index (χ2n) is 4.57. The van der Waals surface area contributed by atoms with Gasteiger partial charge in [0.2, 0.25) is 5.91 Å². The molecule has 3 rings (SSSR count). The molecule has 15 heavy (non-hydrogen) atoms. The molecule has 1 saturated carbocycles. The van der Waals surface area contributed by atoms with E-state index in [1.54, 1.807) is 0 Å². The molecule has 1 N–H and O–H groups in total. The van der Waals surface area contributed by atoms with Crippen molar-refractivity contribution in [3.8, 4) is 0 Å². The molecule has 0 radical (unpaired) electrons. The van der Waals surface area contributed by atoms with Crippen LogP contribution in [0.5, 0.6) is 0 Å². The molecule has 2 atom stereocenters. The van der Waals surface area contributed by atoms with Crippen LogP contribution in [0.1, 0.15) is 37.2 Å². The van der Waals surface area contributed by atoms with E-state index in [9.17, 15) is 4.79 Å². The number of rotatable bonds is 0. The van der Waals surface area contributed by atoms with Crippen LogP contribution in [0.15, 0.2) is 24.3 Å². The average Bonchev–Trinajstić information content (AvgIpc) is 2.30. The number of anilines is 1. The second kappa shape index (κ2) is 3.37. The Hall–Kier alpha value is -1.31. The third-order valence-corrected chi connectivity index (χ3v) is 3.72. The van der Waals surface area contributed by atoms with Gasteiger partial charge >= 0.3 is 0 Å². The number of hydrogen-bond donors (Lipinski definition) is 1. The summed E-state index contributed by atoms with van der Waals surface area (Å²) in [6.07, 6.45) is 4.71. The first-order valence-electron chi connectivity index (χ1n) is 5.76. The van der Waals surface area contributed by atoms with Crippen LogP contribution >= 0.6 is 0 Å². The standard InChI is InChI=1S/C13H15NO/c15-13-11-7-2-1-5-9(11)10-6-3-4-8-12(10)14-13/h3-4,6,8-9,11H,1-2,5,7H2,(H,14,15)/t9-,11-/m0/s1. The molecular weight excluding hydrogens is 186 g/mol. The molecule has 1 heterocycles. The molecule has 1 fully saturated rings. The lowest BCUT2D eigenvalue weighted by Gasteiger charge is -2.36. The molecular formula is C13H15NO. The van der Waals surface area contributed by atoms with Crippen LogP contribution in [-0.4, -0.2) is 5.91 Å². The van der Waals surface area contributed by atoms with Crippen molar-refractivity contribution in [2.24, 2.45) is 5.92 Å². The zero-order valence-corrected chi connectivity index (χ0v) is 8.70. The maximum absolute atomic E-state index is 11.9. The van der Waals surface area contributed by atoms with Crippen LogP contribution in [0.3, 0.4) is 0 Å². The maximum Gasteiger partial charge on any atom is 0.228 e. The topological polar surface area (TPSA) is 29.1 Å². The minimum atomic E-state index is 0.230. The van der Waals surface area contributed by atoms with Crippen molar-refractivity contribution in [2.75, 3.05) is 5.32 Å². The minimum absolute atomic E-state index is 0.230. The fourth-order valence-electron chi connectivity index (χ4n) is 2.98. The van der Waals surface area contributed by atoms with Gasteiger partial charge in [0.25, 0.3) is 0 Å². The average molecular weight is 201 g/mol. The Labute approximate surface area is 89.7 Å². The maximum atomic E-state index is 11.9. The van der Waals surface area contributed by atoms with E-state index < -0.39 is 0 Å². The first-order valence-corrected chi connectivity index (χ1v) is 5.76. The van der Waals surface area contributed by atoms with Gasteiger partial charge in [0.05, 0.1) is 0 Å². The van der Waals surface area contributed by atoms with Gasteiger partial charge in [0.15, 0.2) is 0 Å². The number of hydrogen-bond acceptors (Lipinski definition) is 1. The smallest absolute Gasteiger partial charge is 0.228 e. The van der Waals surface area contributed by atoms with E-state index in [0.717, 1.165) is 12.1 Å². The number of benzene rings is 1. The molecule has 0 bridgehead atoms. The van der Waals surface area contributed by atoms with Gasteiger partial charge in [-0.3, -0.25) is 4.79 Å². The summed E-state index contributed by atoms with van der Waals surface area (Å²) in [5.74, 6) is 0.941. The summed E-state index contributed by atoms with van der Waals surface area (Å²) in [6.45, 7) is 0. The van der Waals surface area contributed by atoms with Gasteiger partial charge in [-0.25, -0.2) is 0 Å². The predicted octanol–water partition coefficient (Wildman–Crippen LogP) is 2.91. The molecule has 1 aromatic carbocycles. The van der Waals surface area contributed by atoms with Gasteiger partial charge in [0.1, 0.15) is 0 Å². The van der Waals surface area contributed by atoms with E-state index in [4.69, 9.17) is 0 Å². The summed E-state index contributed by atoms with van der Waals surface area (Å²) < 4.78 is 0. The minimum Gasteiger partial charge on any atom is -0.326 e. The Kier molecular flexibility index (Phi) is 2.01. The van der Waals surface area contributed by atoms with E-state index in [0.29, 0.717) is 5.92 Å². The molecule has 1 amide bonds. The van der Waals surface area contributed by atoms with Crippen molar-refractivity contribution in [1.29, 1.82) is 0 Å². The van der Waals surface area contributed by atoms with Crippen molar-refractivity contribution in [2.45, 2.75) is 31.6 Å². The number of fused-ring (bicyclic) bond motifs is 3. The molecule has 0 spiro atoms. The molecule has 0 aromatic heterocycles. The third-order valence-electron chi connectivity index (χ3n) is 3.72. The summed E-state index contributed by atoms with van der Waals surface area (Å²) in [4.78, 5) is 11.9. The zero-order chi connectivity index (χ0) is 10.3. The Bertz CT molecular complexity index is 399. The van der Waals surface area contributed by atoms with Crippen LogP contribution in [0.2, 0.25) is 0 Å². The molecule has 0 saturated heterocycles. The number of nitrogens with one attached hydrogen (secondary N) is 1. The second-order valence-corrected chi connectivity index (χ2v) is 4.57. The molecule has 1 aliphatic carbocycles. The van der Waals surface area contributed by atoms with Crippen LogP contribution in [0.4, 0.5) is 5.69 Å². The SMILES string of the molecule is O=C1Nc2ccccc2[C@@H]2CCCC[C@H]12. The molecule has 2 heteroatoms. The summed E-state index contributed by atoms with van der Waals surface area (Å²) >= 11 is 0. The van der Waals surface area contributed by atoms with E-state index >= 15 is 0 Å². The van der Waals surface area contributed by atoms with Gasteiger partial charge in [0, 0.05) is 11.6 Å². The molecule has 1 aliphatic heterocycles. The van der Waals surface area contributed by atoms with E-state index in [1.165, 1.54) is 24.8 Å². The lowest BCUT2D eigenvalue weighted by molar-refractivity contribution is -0.121. The lowest BCUT2D eigenvalue weighted by Crippen LogP contribution is -2.35. The highest BCUT2D eigenvalue weighted by molar-refractivity contribution is 5.96. The highest BCUT2D eigenvalue weighted by atomic mass is 16.2. The van der Waals surface area contributed by atoms with E-state index in [-0.39, 0.29) is 11.8 Å². The zero-order valence-electron chi connectivity index (χ0n) is 8.70. The van der Waals surface area contributed by atoms with Crippen LogP contribution in [0.25, 0.3) is 0 Å². The van der Waals surface area contributed by atoms with Crippen LogP contribution < -0.4 is 5.32 Å². The lowest BCUT2D eigenvalue weighted by atomic mass is 9.72. The number of carbonyl (C=O) groups excluding carboxylic acids is 1. The van der Waals surface area contributed by atoms with Gasteiger partial charge in [-0.1, -0.05) is 31.0 Å². The third kappa shape index (κ3) is 1.36. The van der Waals surface area contributed by atoms with Gasteiger partial charge in [-0.15, -0.1) is 0 Å². The Morgan fingerprint density at radius 1 is 1.07 bits per heavy atom. The van der Waals surface area contributed by atoms with Gasteiger partial charge in [-0.05, 0) is 30.4 Å². The number of para-hydroxylation sites is 1. The number of amides is 1. The van der Waals surface area contributed by atoms with Crippen molar-refractivity contribution < 1.29 is 4.79 Å². The van der Waals surface area contributed by atoms with Crippen molar-refractivity contribution in [1.82, 2.24) is 0 Å². The van der Waals surface area contributed by atoms with Crippen molar-refractivity contribution in [3.63, 3.8) is 0 Å². The fourth-order valence-corrected chi connectivity index (χ4v) is 2.98. The quantitative estimate of drug-likeness (QED) is 0.687. The Morgan fingerprint density at radius 3 is 2.67 bits per heavy atom. The van der Waals surface area contributed by atoms with Crippen molar-refractivity contribution in [3.05, 3.63) is 29.8 Å². The summed E-state index contributed by atoms with van der Waals surface area (Å²) in [6, 6.07) is 8.24. The first kappa shape index (κ1) is 8.96. The first-order chi connectivity index (χ1) is 7.36.